The summed E-state index contributed by atoms with van der Waals surface area (Å²) >= 11 is 0. The highest BCUT2D eigenvalue weighted by atomic mass is 16.5. The maximum Gasteiger partial charge on any atom is 0.491 e. The standard InChI is InChI=1S/C14H21BO5/c1-13(2,17)14(3,4)20-15(18)11-8-6-7-10(9-11)12(16)19-5/h6-9,17-18H,1-5H3. The van der Waals surface area contributed by atoms with Gasteiger partial charge in [-0.3, -0.25) is 0 Å². The number of esters is 1. The molecule has 0 aromatic heterocycles. The van der Waals surface area contributed by atoms with Crippen LogP contribution in [0.4, 0.5) is 0 Å². The van der Waals surface area contributed by atoms with Gasteiger partial charge in [-0.05, 0) is 45.3 Å². The third kappa shape index (κ3) is 3.82. The summed E-state index contributed by atoms with van der Waals surface area (Å²) in [5.41, 5.74) is -1.35. The van der Waals surface area contributed by atoms with E-state index in [1.807, 2.05) is 0 Å². The van der Waals surface area contributed by atoms with Crippen LogP contribution in [0.2, 0.25) is 0 Å². The maximum absolute atomic E-state index is 11.4. The fraction of sp³-hybridized carbons (Fsp3) is 0.500. The van der Waals surface area contributed by atoms with Crippen molar-refractivity contribution in [2.45, 2.75) is 38.9 Å². The van der Waals surface area contributed by atoms with Gasteiger partial charge in [-0.1, -0.05) is 12.1 Å². The van der Waals surface area contributed by atoms with E-state index in [9.17, 15) is 14.9 Å². The summed E-state index contributed by atoms with van der Waals surface area (Å²) in [6.07, 6.45) is 0. The average molecular weight is 280 g/mol. The first-order chi connectivity index (χ1) is 9.08. The number of aliphatic hydroxyl groups is 1. The smallest absolute Gasteiger partial charge is 0.465 e. The lowest BCUT2D eigenvalue weighted by atomic mass is 9.76. The number of benzene rings is 1. The average Bonchev–Trinajstić information content (AvgIpc) is 2.36. The van der Waals surface area contributed by atoms with E-state index >= 15 is 0 Å². The van der Waals surface area contributed by atoms with Gasteiger partial charge in [-0.15, -0.1) is 0 Å². The van der Waals surface area contributed by atoms with Gasteiger partial charge >= 0.3 is 13.1 Å². The predicted molar refractivity (Wildman–Crippen MR) is 76.9 cm³/mol. The second-order valence-electron chi connectivity index (χ2n) is 5.66. The molecule has 0 aliphatic heterocycles. The van der Waals surface area contributed by atoms with E-state index < -0.39 is 24.3 Å². The van der Waals surface area contributed by atoms with E-state index in [4.69, 9.17) is 4.65 Å². The molecule has 2 N–H and O–H groups in total. The zero-order chi connectivity index (χ0) is 15.6. The van der Waals surface area contributed by atoms with Crippen LogP contribution in [-0.2, 0) is 9.39 Å². The molecule has 0 atom stereocenters. The predicted octanol–water partition coefficient (Wildman–Crippen LogP) is 0.727. The quantitative estimate of drug-likeness (QED) is 0.614. The summed E-state index contributed by atoms with van der Waals surface area (Å²) in [5, 5.41) is 20.1. The van der Waals surface area contributed by atoms with E-state index in [1.165, 1.54) is 13.2 Å². The fourth-order valence-corrected chi connectivity index (χ4v) is 1.43. The molecule has 0 radical (unpaired) electrons. The third-order valence-corrected chi connectivity index (χ3v) is 3.47. The van der Waals surface area contributed by atoms with Gasteiger partial charge < -0.3 is 19.5 Å². The fourth-order valence-electron chi connectivity index (χ4n) is 1.43. The van der Waals surface area contributed by atoms with Gasteiger partial charge in [0.15, 0.2) is 0 Å². The lowest BCUT2D eigenvalue weighted by Crippen LogP contribution is -2.53. The van der Waals surface area contributed by atoms with Crippen LogP contribution < -0.4 is 5.46 Å². The van der Waals surface area contributed by atoms with Crippen LogP contribution in [0.1, 0.15) is 38.1 Å². The molecule has 0 aliphatic rings. The lowest BCUT2D eigenvalue weighted by Gasteiger charge is -2.38. The first kappa shape index (κ1) is 16.7. The Morgan fingerprint density at radius 1 is 1.25 bits per heavy atom. The molecule has 5 nitrogen and oxygen atoms in total. The highest BCUT2D eigenvalue weighted by molar-refractivity contribution is 6.60. The Labute approximate surface area is 119 Å². The molecule has 1 aromatic rings. The minimum Gasteiger partial charge on any atom is -0.465 e. The molecule has 0 saturated heterocycles. The van der Waals surface area contributed by atoms with Crippen molar-refractivity contribution >= 4 is 18.6 Å². The second kappa shape index (κ2) is 5.95. The van der Waals surface area contributed by atoms with E-state index in [2.05, 4.69) is 4.74 Å². The minimum atomic E-state index is -1.25. The molecule has 0 amide bonds. The zero-order valence-corrected chi connectivity index (χ0v) is 12.5. The van der Waals surface area contributed by atoms with E-state index in [0.717, 1.165) is 0 Å². The normalized spacial score (nSPS) is 12.2. The monoisotopic (exact) mass is 280 g/mol. The van der Waals surface area contributed by atoms with Crippen molar-refractivity contribution in [1.29, 1.82) is 0 Å². The van der Waals surface area contributed by atoms with Crippen molar-refractivity contribution in [3.63, 3.8) is 0 Å². The van der Waals surface area contributed by atoms with Crippen molar-refractivity contribution in [3.05, 3.63) is 29.8 Å². The van der Waals surface area contributed by atoms with Crippen LogP contribution in [0.15, 0.2) is 24.3 Å². The second-order valence-corrected chi connectivity index (χ2v) is 5.66. The molecule has 110 valence electrons. The van der Waals surface area contributed by atoms with Crippen LogP contribution in [0.5, 0.6) is 0 Å². The number of carbonyl (C=O) groups excluding carboxylic acids is 1. The van der Waals surface area contributed by atoms with Crippen LogP contribution in [0.25, 0.3) is 0 Å². The summed E-state index contributed by atoms with van der Waals surface area (Å²) < 4.78 is 10.1. The van der Waals surface area contributed by atoms with Crippen molar-refractivity contribution in [2.75, 3.05) is 7.11 Å². The summed E-state index contributed by atoms with van der Waals surface area (Å²) in [6.45, 7) is 6.57. The molecule has 1 aromatic carbocycles. The Morgan fingerprint density at radius 2 is 1.85 bits per heavy atom. The van der Waals surface area contributed by atoms with E-state index in [1.54, 1.807) is 45.9 Å². The molecule has 1 rings (SSSR count). The molecule has 0 aliphatic carbocycles. The highest BCUT2D eigenvalue weighted by Crippen LogP contribution is 2.25. The van der Waals surface area contributed by atoms with Crippen molar-refractivity contribution in [2.24, 2.45) is 0 Å². The van der Waals surface area contributed by atoms with Crippen LogP contribution >= 0.6 is 0 Å². The molecule has 0 fully saturated rings. The van der Waals surface area contributed by atoms with Crippen molar-refractivity contribution < 1.29 is 24.3 Å². The first-order valence-corrected chi connectivity index (χ1v) is 6.35. The highest BCUT2D eigenvalue weighted by Gasteiger charge is 2.39. The van der Waals surface area contributed by atoms with Gasteiger partial charge in [-0.25, -0.2) is 4.79 Å². The molecular weight excluding hydrogens is 259 g/mol. The van der Waals surface area contributed by atoms with Gasteiger partial charge in [-0.2, -0.15) is 0 Å². The summed E-state index contributed by atoms with van der Waals surface area (Å²) in [4.78, 5) is 11.4. The van der Waals surface area contributed by atoms with Gasteiger partial charge in [0.2, 0.25) is 0 Å². The van der Waals surface area contributed by atoms with E-state index in [0.29, 0.717) is 11.0 Å². The summed E-state index contributed by atoms with van der Waals surface area (Å²) in [5.74, 6) is -0.485. The summed E-state index contributed by atoms with van der Waals surface area (Å²) in [6, 6.07) is 6.35. The van der Waals surface area contributed by atoms with E-state index in [-0.39, 0.29) is 0 Å². The Morgan fingerprint density at radius 3 is 2.35 bits per heavy atom. The lowest BCUT2D eigenvalue weighted by molar-refractivity contribution is -0.0982. The first-order valence-electron chi connectivity index (χ1n) is 6.35. The van der Waals surface area contributed by atoms with Crippen LogP contribution in [0, 0.1) is 0 Å². The number of carbonyl (C=O) groups is 1. The zero-order valence-electron chi connectivity index (χ0n) is 12.5. The van der Waals surface area contributed by atoms with Crippen molar-refractivity contribution in [1.82, 2.24) is 0 Å². The maximum atomic E-state index is 11.4. The number of rotatable bonds is 5. The molecular formula is C14H21BO5. The Balaban J connectivity index is 2.93. The summed E-state index contributed by atoms with van der Waals surface area (Å²) in [7, 11) is 0.0420. The van der Waals surface area contributed by atoms with Gasteiger partial charge in [0.05, 0.1) is 23.9 Å². The van der Waals surface area contributed by atoms with Crippen LogP contribution in [-0.4, -0.2) is 41.5 Å². The van der Waals surface area contributed by atoms with Crippen molar-refractivity contribution in [3.8, 4) is 0 Å². The largest absolute Gasteiger partial charge is 0.491 e. The number of hydrogen-bond acceptors (Lipinski definition) is 5. The molecule has 0 bridgehead atoms. The van der Waals surface area contributed by atoms with Gasteiger partial charge in [0.25, 0.3) is 0 Å². The molecule has 20 heavy (non-hydrogen) atoms. The molecule has 0 heterocycles. The number of methoxy groups -OCH3 is 1. The Bertz CT molecular complexity index is 479. The topological polar surface area (TPSA) is 76.0 Å². The molecule has 6 heteroatoms. The van der Waals surface area contributed by atoms with Gasteiger partial charge in [0.1, 0.15) is 0 Å². The Kier molecular flexibility index (Phi) is 4.97. The van der Waals surface area contributed by atoms with Crippen LogP contribution in [0.3, 0.4) is 0 Å². The Hall–Kier alpha value is -1.37. The van der Waals surface area contributed by atoms with Gasteiger partial charge in [0, 0.05) is 0 Å². The molecule has 0 saturated carbocycles. The minimum absolute atomic E-state index is 0.328. The SMILES string of the molecule is COC(=O)c1cccc(B(O)OC(C)(C)C(C)(C)O)c1. The molecule has 0 spiro atoms. The number of ether oxygens (including phenoxy) is 1. The molecule has 0 unspecified atom stereocenters. The number of hydrogen-bond donors (Lipinski definition) is 2. The third-order valence-electron chi connectivity index (χ3n) is 3.47.